The molecule has 6 nitrogen and oxygen atoms in total. The van der Waals surface area contributed by atoms with Gasteiger partial charge in [0.15, 0.2) is 0 Å². The van der Waals surface area contributed by atoms with Gasteiger partial charge in [0.05, 0.1) is 24.4 Å². The van der Waals surface area contributed by atoms with Crippen LogP contribution in [-0.4, -0.2) is 31.8 Å². The molecule has 0 saturated heterocycles. The molecule has 0 spiro atoms. The maximum atomic E-state index is 12.0. The van der Waals surface area contributed by atoms with Crippen LogP contribution in [0.15, 0.2) is 48.5 Å². The number of carbonyl (C=O) groups excluding carboxylic acids is 2. The van der Waals surface area contributed by atoms with E-state index in [1.807, 2.05) is 24.3 Å². The molecule has 6 heteroatoms. The van der Waals surface area contributed by atoms with Gasteiger partial charge in [-0.2, -0.15) is 0 Å². The lowest BCUT2D eigenvalue weighted by Gasteiger charge is -2.12. The van der Waals surface area contributed by atoms with Crippen LogP contribution in [-0.2, 0) is 4.74 Å². The third-order valence-electron chi connectivity index (χ3n) is 3.87. The number of anilines is 1. The Balaban J connectivity index is 1.79. The van der Waals surface area contributed by atoms with Gasteiger partial charge in [-0.1, -0.05) is 38.1 Å². The molecule has 0 aliphatic rings. The normalized spacial score (nSPS) is 10.4. The molecule has 144 valence electrons. The third-order valence-corrected chi connectivity index (χ3v) is 3.87. The topological polar surface area (TPSA) is 76.7 Å². The predicted octanol–water partition coefficient (Wildman–Crippen LogP) is 4.19. The van der Waals surface area contributed by atoms with Gasteiger partial charge in [-0.15, -0.1) is 0 Å². The highest BCUT2D eigenvalue weighted by Crippen LogP contribution is 2.18. The number of nitrogens with one attached hydrogen (secondary N) is 2. The Kier molecular flexibility index (Phi) is 7.67. The third kappa shape index (κ3) is 6.33. The fourth-order valence-electron chi connectivity index (χ4n) is 2.43. The van der Waals surface area contributed by atoms with Crippen molar-refractivity contribution in [3.05, 3.63) is 59.7 Å². The van der Waals surface area contributed by atoms with E-state index in [0.29, 0.717) is 30.3 Å². The van der Waals surface area contributed by atoms with E-state index in [1.54, 1.807) is 31.2 Å². The molecule has 2 aromatic carbocycles. The highest BCUT2D eigenvalue weighted by Gasteiger charge is 2.13. The molecule has 27 heavy (non-hydrogen) atoms. The van der Waals surface area contributed by atoms with Crippen molar-refractivity contribution in [2.45, 2.75) is 26.7 Å². The van der Waals surface area contributed by atoms with Crippen LogP contribution in [0.5, 0.6) is 5.75 Å². The van der Waals surface area contributed by atoms with Crippen molar-refractivity contribution < 1.29 is 19.1 Å². The number of benzene rings is 2. The van der Waals surface area contributed by atoms with Crippen LogP contribution in [0, 0.1) is 0 Å². The van der Waals surface area contributed by atoms with Crippen LogP contribution < -0.4 is 15.4 Å². The second kappa shape index (κ2) is 10.2. The molecule has 2 rings (SSSR count). The highest BCUT2D eigenvalue weighted by atomic mass is 16.5. The lowest BCUT2D eigenvalue weighted by Crippen LogP contribution is -2.32. The Labute approximate surface area is 159 Å². The predicted molar refractivity (Wildman–Crippen MR) is 105 cm³/mol. The summed E-state index contributed by atoms with van der Waals surface area (Å²) in [5, 5.41) is 5.36. The largest absolute Gasteiger partial charge is 0.492 e. The molecule has 0 heterocycles. The zero-order valence-electron chi connectivity index (χ0n) is 16.0. The zero-order chi connectivity index (χ0) is 19.6. The molecule has 0 atom stereocenters. The van der Waals surface area contributed by atoms with Gasteiger partial charge >= 0.3 is 12.0 Å². The lowest BCUT2D eigenvalue weighted by atomic mass is 10.0. The molecule has 2 aromatic rings. The monoisotopic (exact) mass is 370 g/mol. The van der Waals surface area contributed by atoms with E-state index >= 15 is 0 Å². The molecule has 0 saturated carbocycles. The van der Waals surface area contributed by atoms with E-state index in [0.717, 1.165) is 5.75 Å². The van der Waals surface area contributed by atoms with E-state index in [4.69, 9.17) is 9.47 Å². The van der Waals surface area contributed by atoms with Crippen LogP contribution in [0.4, 0.5) is 10.5 Å². The lowest BCUT2D eigenvalue weighted by molar-refractivity contribution is 0.0527. The van der Waals surface area contributed by atoms with Crippen molar-refractivity contribution in [2.75, 3.05) is 25.1 Å². The second-order valence-corrected chi connectivity index (χ2v) is 6.22. The smallest absolute Gasteiger partial charge is 0.340 e. The summed E-state index contributed by atoms with van der Waals surface area (Å²) >= 11 is 0. The van der Waals surface area contributed by atoms with Crippen molar-refractivity contribution in [2.24, 2.45) is 0 Å². The van der Waals surface area contributed by atoms with E-state index in [2.05, 4.69) is 24.5 Å². The molecule has 0 aliphatic carbocycles. The van der Waals surface area contributed by atoms with Gasteiger partial charge < -0.3 is 20.1 Å². The first kappa shape index (κ1) is 20.3. The van der Waals surface area contributed by atoms with E-state index < -0.39 is 12.0 Å². The van der Waals surface area contributed by atoms with Gasteiger partial charge in [0, 0.05) is 0 Å². The molecular formula is C21H26N2O4. The summed E-state index contributed by atoms with van der Waals surface area (Å²) in [4.78, 5) is 24.0. The first-order chi connectivity index (χ1) is 13.0. The van der Waals surface area contributed by atoms with Gasteiger partial charge in [0.2, 0.25) is 0 Å². The van der Waals surface area contributed by atoms with Crippen molar-refractivity contribution in [1.29, 1.82) is 0 Å². The number of urea groups is 1. The highest BCUT2D eigenvalue weighted by molar-refractivity contribution is 6.00. The number of esters is 1. The maximum absolute atomic E-state index is 12.0. The number of carbonyl (C=O) groups is 2. The average molecular weight is 370 g/mol. The summed E-state index contributed by atoms with van der Waals surface area (Å²) in [5.41, 5.74) is 1.97. The maximum Gasteiger partial charge on any atom is 0.340 e. The van der Waals surface area contributed by atoms with Crippen LogP contribution >= 0.6 is 0 Å². The summed E-state index contributed by atoms with van der Waals surface area (Å²) in [5.74, 6) is 0.762. The Morgan fingerprint density at radius 2 is 1.74 bits per heavy atom. The molecule has 0 bridgehead atoms. The van der Waals surface area contributed by atoms with Gasteiger partial charge in [0.1, 0.15) is 12.4 Å². The van der Waals surface area contributed by atoms with E-state index in [-0.39, 0.29) is 6.61 Å². The fourth-order valence-corrected chi connectivity index (χ4v) is 2.43. The first-order valence-corrected chi connectivity index (χ1v) is 9.05. The van der Waals surface area contributed by atoms with Crippen molar-refractivity contribution in [3.63, 3.8) is 0 Å². The Morgan fingerprint density at radius 3 is 2.41 bits per heavy atom. The quantitative estimate of drug-likeness (QED) is 0.540. The van der Waals surface area contributed by atoms with Gasteiger partial charge in [-0.3, -0.25) is 0 Å². The molecule has 0 aromatic heterocycles. The number of amides is 2. The summed E-state index contributed by atoms with van der Waals surface area (Å²) in [6.07, 6.45) is 0. The minimum Gasteiger partial charge on any atom is -0.492 e. The molecule has 2 amide bonds. The molecule has 0 unspecified atom stereocenters. The van der Waals surface area contributed by atoms with Crippen molar-refractivity contribution in [3.8, 4) is 5.75 Å². The Morgan fingerprint density at radius 1 is 1.04 bits per heavy atom. The summed E-state index contributed by atoms with van der Waals surface area (Å²) in [7, 11) is 0. The van der Waals surface area contributed by atoms with E-state index in [1.165, 1.54) is 5.56 Å². The van der Waals surface area contributed by atoms with Gasteiger partial charge in [0.25, 0.3) is 0 Å². The Hall–Kier alpha value is -3.02. The molecule has 0 fully saturated rings. The van der Waals surface area contributed by atoms with E-state index in [9.17, 15) is 9.59 Å². The number of rotatable bonds is 8. The standard InChI is InChI=1S/C21H26N2O4/c1-4-26-20(24)18-7-5-6-8-19(18)23-21(25)22-13-14-27-17-11-9-16(10-12-17)15(2)3/h5-12,15H,4,13-14H2,1-3H3,(H2,22,23,25). The first-order valence-electron chi connectivity index (χ1n) is 9.05. The van der Waals surface area contributed by atoms with Crippen LogP contribution in [0.3, 0.4) is 0 Å². The molecular weight excluding hydrogens is 344 g/mol. The summed E-state index contributed by atoms with van der Waals surface area (Å²) < 4.78 is 10.6. The van der Waals surface area contributed by atoms with Gasteiger partial charge in [-0.25, -0.2) is 9.59 Å². The summed E-state index contributed by atoms with van der Waals surface area (Å²) in [6.45, 7) is 6.95. The SMILES string of the molecule is CCOC(=O)c1ccccc1NC(=O)NCCOc1ccc(C(C)C)cc1. The van der Waals surface area contributed by atoms with Crippen LogP contribution in [0.1, 0.15) is 42.6 Å². The second-order valence-electron chi connectivity index (χ2n) is 6.22. The number of para-hydroxylation sites is 1. The minimum absolute atomic E-state index is 0.273. The summed E-state index contributed by atoms with van der Waals surface area (Å²) in [6, 6.07) is 14.2. The van der Waals surface area contributed by atoms with Crippen molar-refractivity contribution >= 4 is 17.7 Å². The number of ether oxygens (including phenoxy) is 2. The Bertz CT molecular complexity index is 757. The van der Waals surface area contributed by atoms with Crippen molar-refractivity contribution in [1.82, 2.24) is 5.32 Å². The average Bonchev–Trinajstić information content (AvgIpc) is 2.66. The van der Waals surface area contributed by atoms with Crippen LogP contribution in [0.2, 0.25) is 0 Å². The fraction of sp³-hybridized carbons (Fsp3) is 0.333. The minimum atomic E-state index is -0.471. The zero-order valence-corrected chi connectivity index (χ0v) is 16.0. The molecule has 0 radical (unpaired) electrons. The molecule has 0 aliphatic heterocycles. The van der Waals surface area contributed by atoms with Gasteiger partial charge in [-0.05, 0) is 42.7 Å². The number of hydrogen-bond donors (Lipinski definition) is 2. The number of hydrogen-bond acceptors (Lipinski definition) is 4. The van der Waals surface area contributed by atoms with Crippen LogP contribution in [0.25, 0.3) is 0 Å². The molecule has 2 N–H and O–H groups in total.